The van der Waals surface area contributed by atoms with Gasteiger partial charge in [-0.05, 0) is 62.4 Å². The van der Waals surface area contributed by atoms with E-state index in [0.717, 1.165) is 38.2 Å². The monoisotopic (exact) mass is 259 g/mol. The van der Waals surface area contributed by atoms with E-state index >= 15 is 0 Å². The zero-order valence-electron chi connectivity index (χ0n) is 12.3. The van der Waals surface area contributed by atoms with Crippen LogP contribution in [0.4, 0.5) is 0 Å². The van der Waals surface area contributed by atoms with Crippen LogP contribution in [0.25, 0.3) is 0 Å². The largest absolute Gasteiger partial charge is 0.496 e. The first-order chi connectivity index (χ1) is 9.24. The summed E-state index contributed by atoms with van der Waals surface area (Å²) in [7, 11) is 0. The fourth-order valence-electron chi connectivity index (χ4n) is 2.52. The lowest BCUT2D eigenvalue weighted by atomic mass is 9.95. The van der Waals surface area contributed by atoms with Crippen molar-refractivity contribution in [1.82, 2.24) is 5.32 Å². The average Bonchev–Trinajstić information content (AvgIpc) is 2.45. The minimum atomic E-state index is 0.208. The topological polar surface area (TPSA) is 21.3 Å². The van der Waals surface area contributed by atoms with E-state index < -0.39 is 0 Å². The molecule has 1 unspecified atom stereocenters. The average molecular weight is 259 g/mol. The molecule has 0 saturated carbocycles. The summed E-state index contributed by atoms with van der Waals surface area (Å²) < 4.78 is 5.89. The van der Waals surface area contributed by atoms with Gasteiger partial charge in [0.05, 0.1) is 12.6 Å². The summed E-state index contributed by atoms with van der Waals surface area (Å²) in [6, 6.07) is 6.74. The third kappa shape index (κ3) is 3.38. The highest BCUT2D eigenvalue weighted by Gasteiger charge is 2.21. The number of allylic oxidation sites excluding steroid dienone is 1. The van der Waals surface area contributed by atoms with Gasteiger partial charge in [-0.25, -0.2) is 0 Å². The lowest BCUT2D eigenvalue weighted by molar-refractivity contribution is 0.167. The van der Waals surface area contributed by atoms with E-state index in [9.17, 15) is 0 Å². The lowest BCUT2D eigenvalue weighted by Gasteiger charge is -2.27. The van der Waals surface area contributed by atoms with Crippen LogP contribution < -0.4 is 5.32 Å². The molecule has 2 rings (SSSR count). The molecule has 0 aliphatic carbocycles. The second kappa shape index (κ2) is 6.76. The summed E-state index contributed by atoms with van der Waals surface area (Å²) in [5, 5.41) is 3.63. The summed E-state index contributed by atoms with van der Waals surface area (Å²) in [6.45, 7) is 8.43. The molecule has 2 heteroatoms. The Morgan fingerprint density at radius 3 is 2.84 bits per heavy atom. The summed E-state index contributed by atoms with van der Waals surface area (Å²) >= 11 is 0. The van der Waals surface area contributed by atoms with Crippen molar-refractivity contribution < 1.29 is 4.74 Å². The van der Waals surface area contributed by atoms with Crippen molar-refractivity contribution in [2.45, 2.75) is 46.1 Å². The first kappa shape index (κ1) is 14.1. The number of benzene rings is 1. The van der Waals surface area contributed by atoms with Gasteiger partial charge >= 0.3 is 0 Å². The maximum atomic E-state index is 5.89. The predicted molar refractivity (Wildman–Crippen MR) is 80.2 cm³/mol. The summed E-state index contributed by atoms with van der Waals surface area (Å²) in [4.78, 5) is 0. The molecule has 2 nitrogen and oxygen atoms in total. The molecule has 0 bridgehead atoms. The first-order valence-electron chi connectivity index (χ1n) is 7.36. The molecule has 1 aromatic rings. The van der Waals surface area contributed by atoms with E-state index in [-0.39, 0.29) is 6.04 Å². The standard InChI is InChI=1S/C17H25NO/c1-4-11-18-17(16-10-5-6-12-19-16)15-9-7-8-13(2)14(15)3/h7-10,17-18H,4-6,11-12H2,1-3H3. The molecule has 1 aliphatic heterocycles. The molecule has 1 aliphatic rings. The van der Waals surface area contributed by atoms with Crippen LogP contribution in [0.5, 0.6) is 0 Å². The zero-order valence-corrected chi connectivity index (χ0v) is 12.3. The smallest absolute Gasteiger partial charge is 0.113 e. The van der Waals surface area contributed by atoms with Crippen LogP contribution in [-0.2, 0) is 4.74 Å². The van der Waals surface area contributed by atoms with E-state index in [2.05, 4.69) is 50.4 Å². The van der Waals surface area contributed by atoms with Crippen molar-refractivity contribution in [2.24, 2.45) is 0 Å². The molecule has 0 saturated heterocycles. The van der Waals surface area contributed by atoms with Gasteiger partial charge in [-0.1, -0.05) is 25.1 Å². The Balaban J connectivity index is 2.30. The summed E-state index contributed by atoms with van der Waals surface area (Å²) in [5.41, 5.74) is 4.06. The Bertz CT molecular complexity index is 451. The SMILES string of the molecule is CCCNC(C1=CCCCO1)c1cccc(C)c1C. The second-order valence-electron chi connectivity index (χ2n) is 5.27. The maximum Gasteiger partial charge on any atom is 0.113 e. The number of nitrogens with one attached hydrogen (secondary N) is 1. The van der Waals surface area contributed by atoms with Gasteiger partial charge in [0.15, 0.2) is 0 Å². The summed E-state index contributed by atoms with van der Waals surface area (Å²) in [6.07, 6.45) is 5.65. The van der Waals surface area contributed by atoms with Crippen LogP contribution >= 0.6 is 0 Å². The number of hydrogen-bond acceptors (Lipinski definition) is 2. The normalized spacial score (nSPS) is 16.7. The van der Waals surface area contributed by atoms with Gasteiger partial charge in [-0.15, -0.1) is 0 Å². The maximum absolute atomic E-state index is 5.89. The van der Waals surface area contributed by atoms with E-state index in [1.807, 2.05) is 0 Å². The fraction of sp³-hybridized carbons (Fsp3) is 0.529. The van der Waals surface area contributed by atoms with Crippen LogP contribution in [0, 0.1) is 13.8 Å². The van der Waals surface area contributed by atoms with Crippen molar-refractivity contribution in [1.29, 1.82) is 0 Å². The van der Waals surface area contributed by atoms with E-state index in [4.69, 9.17) is 4.74 Å². The molecule has 0 radical (unpaired) electrons. The molecular weight excluding hydrogens is 234 g/mol. The molecular formula is C17H25NO. The van der Waals surface area contributed by atoms with E-state index in [1.165, 1.54) is 16.7 Å². The highest BCUT2D eigenvalue weighted by Crippen LogP contribution is 2.29. The molecule has 1 N–H and O–H groups in total. The van der Waals surface area contributed by atoms with Crippen molar-refractivity contribution in [3.05, 3.63) is 46.7 Å². The number of aryl methyl sites for hydroxylation is 1. The molecule has 0 spiro atoms. The fourth-order valence-corrected chi connectivity index (χ4v) is 2.52. The first-order valence-corrected chi connectivity index (χ1v) is 7.36. The van der Waals surface area contributed by atoms with Gasteiger partial charge in [0, 0.05) is 0 Å². The molecule has 1 aromatic carbocycles. The number of ether oxygens (including phenoxy) is 1. The quantitative estimate of drug-likeness (QED) is 0.861. The van der Waals surface area contributed by atoms with Crippen molar-refractivity contribution in [2.75, 3.05) is 13.2 Å². The zero-order chi connectivity index (χ0) is 13.7. The lowest BCUT2D eigenvalue weighted by Crippen LogP contribution is -2.27. The molecule has 104 valence electrons. The highest BCUT2D eigenvalue weighted by molar-refractivity contribution is 5.38. The molecule has 0 aromatic heterocycles. The minimum Gasteiger partial charge on any atom is -0.496 e. The third-order valence-corrected chi connectivity index (χ3v) is 3.80. The Morgan fingerprint density at radius 2 is 2.16 bits per heavy atom. The molecule has 0 fully saturated rings. The van der Waals surface area contributed by atoms with E-state index in [1.54, 1.807) is 0 Å². The number of rotatable bonds is 5. The van der Waals surface area contributed by atoms with Crippen LogP contribution in [0.15, 0.2) is 30.0 Å². The van der Waals surface area contributed by atoms with Gasteiger partial charge in [0.2, 0.25) is 0 Å². The predicted octanol–water partition coefficient (Wildman–Crippen LogP) is 4.04. The Morgan fingerprint density at radius 1 is 1.32 bits per heavy atom. The number of hydrogen-bond donors (Lipinski definition) is 1. The minimum absolute atomic E-state index is 0.208. The van der Waals surface area contributed by atoms with Gasteiger partial charge in [-0.2, -0.15) is 0 Å². The Kier molecular flexibility index (Phi) is 5.03. The van der Waals surface area contributed by atoms with Gasteiger partial charge < -0.3 is 10.1 Å². The molecule has 1 heterocycles. The van der Waals surface area contributed by atoms with Crippen LogP contribution in [0.2, 0.25) is 0 Å². The second-order valence-corrected chi connectivity index (χ2v) is 5.27. The molecule has 1 atom stereocenters. The molecule has 0 amide bonds. The van der Waals surface area contributed by atoms with E-state index in [0.29, 0.717) is 0 Å². The van der Waals surface area contributed by atoms with Gasteiger partial charge in [0.25, 0.3) is 0 Å². The third-order valence-electron chi connectivity index (χ3n) is 3.80. The van der Waals surface area contributed by atoms with Crippen molar-refractivity contribution >= 4 is 0 Å². The summed E-state index contributed by atoms with van der Waals surface area (Å²) in [5.74, 6) is 1.10. The molecule has 19 heavy (non-hydrogen) atoms. The van der Waals surface area contributed by atoms with Crippen LogP contribution in [-0.4, -0.2) is 13.2 Å². The van der Waals surface area contributed by atoms with Crippen LogP contribution in [0.1, 0.15) is 48.9 Å². The van der Waals surface area contributed by atoms with Crippen molar-refractivity contribution in [3.63, 3.8) is 0 Å². The highest BCUT2D eigenvalue weighted by atomic mass is 16.5. The van der Waals surface area contributed by atoms with Gasteiger partial charge in [0.1, 0.15) is 5.76 Å². The Hall–Kier alpha value is -1.28. The van der Waals surface area contributed by atoms with Gasteiger partial charge in [-0.3, -0.25) is 0 Å². The van der Waals surface area contributed by atoms with Crippen molar-refractivity contribution in [3.8, 4) is 0 Å². The Labute approximate surface area is 116 Å². The van der Waals surface area contributed by atoms with Crippen LogP contribution in [0.3, 0.4) is 0 Å².